The van der Waals surface area contributed by atoms with Crippen molar-refractivity contribution in [3.8, 4) is 11.4 Å². The van der Waals surface area contributed by atoms with Crippen LogP contribution in [0.3, 0.4) is 0 Å². The number of anilines is 1. The van der Waals surface area contributed by atoms with E-state index in [-0.39, 0.29) is 11.9 Å². The summed E-state index contributed by atoms with van der Waals surface area (Å²) in [7, 11) is 0. The zero-order valence-corrected chi connectivity index (χ0v) is 14.4. The van der Waals surface area contributed by atoms with E-state index in [0.29, 0.717) is 0 Å². The molecule has 0 saturated carbocycles. The monoisotopic (exact) mass is 346 g/mol. The van der Waals surface area contributed by atoms with Gasteiger partial charge in [0.05, 0.1) is 6.04 Å². The summed E-state index contributed by atoms with van der Waals surface area (Å²) < 4.78 is 13.7. The van der Waals surface area contributed by atoms with Gasteiger partial charge in [-0.2, -0.15) is 0 Å². The SMILES string of the molecule is Fc1ccc2c(c1)C(Nc1nc(-c3ccncc3)nc3c1CCC3)CC2. The quantitative estimate of drug-likeness (QED) is 0.770. The molecule has 5 heteroatoms. The Morgan fingerprint density at radius 1 is 1.00 bits per heavy atom. The summed E-state index contributed by atoms with van der Waals surface area (Å²) in [4.78, 5) is 13.7. The Morgan fingerprint density at radius 3 is 2.77 bits per heavy atom. The van der Waals surface area contributed by atoms with E-state index < -0.39 is 0 Å². The molecule has 0 saturated heterocycles. The Hall–Kier alpha value is -2.82. The first-order chi connectivity index (χ1) is 12.8. The number of nitrogens with zero attached hydrogens (tertiary/aromatic N) is 3. The van der Waals surface area contributed by atoms with Gasteiger partial charge in [-0.05, 0) is 67.5 Å². The van der Waals surface area contributed by atoms with Crippen molar-refractivity contribution < 1.29 is 4.39 Å². The van der Waals surface area contributed by atoms with E-state index in [4.69, 9.17) is 9.97 Å². The second kappa shape index (κ2) is 6.16. The van der Waals surface area contributed by atoms with Gasteiger partial charge in [-0.15, -0.1) is 0 Å². The smallest absolute Gasteiger partial charge is 0.161 e. The van der Waals surface area contributed by atoms with Crippen molar-refractivity contribution in [2.75, 3.05) is 5.32 Å². The van der Waals surface area contributed by atoms with Crippen LogP contribution in [0.4, 0.5) is 10.2 Å². The van der Waals surface area contributed by atoms with Crippen LogP contribution in [0.5, 0.6) is 0 Å². The maximum atomic E-state index is 13.7. The van der Waals surface area contributed by atoms with E-state index in [1.165, 1.54) is 11.1 Å². The number of fused-ring (bicyclic) bond motifs is 2. The van der Waals surface area contributed by atoms with E-state index in [0.717, 1.165) is 60.6 Å². The van der Waals surface area contributed by atoms with Gasteiger partial charge in [0.25, 0.3) is 0 Å². The molecule has 4 nitrogen and oxygen atoms in total. The van der Waals surface area contributed by atoms with Gasteiger partial charge in [-0.1, -0.05) is 6.07 Å². The molecule has 0 amide bonds. The molecule has 26 heavy (non-hydrogen) atoms. The Morgan fingerprint density at radius 2 is 1.88 bits per heavy atom. The lowest BCUT2D eigenvalue weighted by atomic mass is 10.1. The molecule has 2 aliphatic carbocycles. The number of aromatic nitrogens is 3. The summed E-state index contributed by atoms with van der Waals surface area (Å²) in [5.74, 6) is 1.46. The zero-order chi connectivity index (χ0) is 17.5. The Bertz CT molecular complexity index is 971. The largest absolute Gasteiger partial charge is 0.363 e. The Balaban J connectivity index is 1.54. The van der Waals surface area contributed by atoms with Crippen LogP contribution in [0.1, 0.15) is 41.3 Å². The van der Waals surface area contributed by atoms with Crippen molar-refractivity contribution in [2.45, 2.75) is 38.1 Å². The first kappa shape index (κ1) is 15.4. The Labute approximate surface area is 151 Å². The van der Waals surface area contributed by atoms with Gasteiger partial charge in [0.2, 0.25) is 0 Å². The first-order valence-electron chi connectivity index (χ1n) is 9.13. The highest BCUT2D eigenvalue weighted by atomic mass is 19.1. The van der Waals surface area contributed by atoms with Gasteiger partial charge >= 0.3 is 0 Å². The first-order valence-corrected chi connectivity index (χ1v) is 9.13. The van der Waals surface area contributed by atoms with Gasteiger partial charge in [0, 0.05) is 29.2 Å². The summed E-state index contributed by atoms with van der Waals surface area (Å²) >= 11 is 0. The molecule has 3 aromatic rings. The minimum atomic E-state index is -0.178. The minimum Gasteiger partial charge on any atom is -0.363 e. The lowest BCUT2D eigenvalue weighted by Gasteiger charge is -2.18. The summed E-state index contributed by atoms with van der Waals surface area (Å²) in [6, 6.07) is 9.07. The minimum absolute atomic E-state index is 0.102. The van der Waals surface area contributed by atoms with E-state index in [2.05, 4.69) is 10.3 Å². The van der Waals surface area contributed by atoms with Crippen LogP contribution in [0.25, 0.3) is 11.4 Å². The van der Waals surface area contributed by atoms with E-state index >= 15 is 0 Å². The summed E-state index contributed by atoms with van der Waals surface area (Å²) in [6.07, 6.45) is 8.54. The highest BCUT2D eigenvalue weighted by molar-refractivity contribution is 5.61. The number of halogens is 1. The highest BCUT2D eigenvalue weighted by Gasteiger charge is 2.26. The molecular formula is C21H19FN4. The highest BCUT2D eigenvalue weighted by Crippen LogP contribution is 2.37. The molecular weight excluding hydrogens is 327 g/mol. The molecule has 1 aromatic carbocycles. The van der Waals surface area contributed by atoms with Gasteiger partial charge in [-0.3, -0.25) is 4.98 Å². The van der Waals surface area contributed by atoms with Crippen molar-refractivity contribution >= 4 is 5.82 Å². The maximum absolute atomic E-state index is 13.7. The number of benzene rings is 1. The van der Waals surface area contributed by atoms with Crippen LogP contribution >= 0.6 is 0 Å². The summed E-state index contributed by atoms with van der Waals surface area (Å²) in [6.45, 7) is 0. The van der Waals surface area contributed by atoms with Crippen molar-refractivity contribution in [3.63, 3.8) is 0 Å². The maximum Gasteiger partial charge on any atom is 0.161 e. The van der Waals surface area contributed by atoms with Crippen LogP contribution < -0.4 is 5.32 Å². The fraction of sp³-hybridized carbons (Fsp3) is 0.286. The fourth-order valence-electron chi connectivity index (χ4n) is 4.07. The average Bonchev–Trinajstić information content (AvgIpc) is 3.29. The van der Waals surface area contributed by atoms with Crippen LogP contribution in [-0.4, -0.2) is 15.0 Å². The van der Waals surface area contributed by atoms with Crippen LogP contribution in [-0.2, 0) is 19.3 Å². The van der Waals surface area contributed by atoms with E-state index in [1.807, 2.05) is 18.2 Å². The Kier molecular flexibility index (Phi) is 3.66. The molecule has 0 spiro atoms. The standard InChI is InChI=1S/C21H19FN4/c22-15-6-4-13-5-7-19(17(13)12-15)25-21-16-2-1-3-18(16)24-20(26-21)14-8-10-23-11-9-14/h4,6,8-12,19H,1-3,5,7H2,(H,24,25,26). The van der Waals surface area contributed by atoms with Crippen molar-refractivity contribution in [1.82, 2.24) is 15.0 Å². The lowest BCUT2D eigenvalue weighted by Crippen LogP contribution is -2.12. The van der Waals surface area contributed by atoms with Gasteiger partial charge in [0.15, 0.2) is 5.82 Å². The van der Waals surface area contributed by atoms with Crippen molar-refractivity contribution in [1.29, 1.82) is 0 Å². The van der Waals surface area contributed by atoms with Crippen molar-refractivity contribution in [3.05, 3.63) is 70.9 Å². The van der Waals surface area contributed by atoms with Crippen molar-refractivity contribution in [2.24, 2.45) is 0 Å². The molecule has 1 atom stereocenters. The lowest BCUT2D eigenvalue weighted by molar-refractivity contribution is 0.623. The zero-order valence-electron chi connectivity index (χ0n) is 14.4. The number of nitrogens with one attached hydrogen (secondary N) is 1. The molecule has 2 aromatic heterocycles. The molecule has 2 heterocycles. The molecule has 0 bridgehead atoms. The summed E-state index contributed by atoms with van der Waals surface area (Å²) in [5, 5.41) is 3.60. The number of pyridine rings is 1. The van der Waals surface area contributed by atoms with Crippen LogP contribution in [0, 0.1) is 5.82 Å². The normalized spacial score (nSPS) is 17.8. The predicted octanol–water partition coefficient (Wildman–Crippen LogP) is 4.27. The third-order valence-electron chi connectivity index (χ3n) is 5.37. The van der Waals surface area contributed by atoms with Gasteiger partial charge in [0.1, 0.15) is 11.6 Å². The number of aryl methyl sites for hydroxylation is 2. The molecule has 0 aliphatic heterocycles. The molecule has 130 valence electrons. The second-order valence-corrected chi connectivity index (χ2v) is 6.99. The van der Waals surface area contributed by atoms with Gasteiger partial charge < -0.3 is 5.32 Å². The van der Waals surface area contributed by atoms with Gasteiger partial charge in [-0.25, -0.2) is 14.4 Å². The fourth-order valence-corrected chi connectivity index (χ4v) is 4.07. The summed E-state index contributed by atoms with van der Waals surface area (Å²) in [5.41, 5.74) is 5.60. The average molecular weight is 346 g/mol. The second-order valence-electron chi connectivity index (χ2n) is 6.99. The van der Waals surface area contributed by atoms with Crippen LogP contribution in [0.2, 0.25) is 0 Å². The molecule has 2 aliphatic rings. The van der Waals surface area contributed by atoms with Crippen LogP contribution in [0.15, 0.2) is 42.7 Å². The molecule has 1 N–H and O–H groups in total. The van der Waals surface area contributed by atoms with E-state index in [1.54, 1.807) is 24.5 Å². The third kappa shape index (κ3) is 2.64. The molecule has 5 rings (SSSR count). The molecule has 1 unspecified atom stereocenters. The third-order valence-corrected chi connectivity index (χ3v) is 5.37. The number of hydrogen-bond donors (Lipinski definition) is 1. The topological polar surface area (TPSA) is 50.7 Å². The predicted molar refractivity (Wildman–Crippen MR) is 98.4 cm³/mol. The number of hydrogen-bond acceptors (Lipinski definition) is 4. The van der Waals surface area contributed by atoms with E-state index in [9.17, 15) is 4.39 Å². The molecule has 0 fully saturated rings. The number of rotatable bonds is 3. The molecule has 0 radical (unpaired) electrons.